The molecule has 0 spiro atoms. The predicted molar refractivity (Wildman–Crippen MR) is 70.2 cm³/mol. The number of hydrogen-bond donors (Lipinski definition) is 1. The molecule has 1 rings (SSSR count). The zero-order valence-corrected chi connectivity index (χ0v) is 11.5. The third-order valence-corrected chi connectivity index (χ3v) is 3.42. The Balaban J connectivity index is 2.39. The summed E-state index contributed by atoms with van der Waals surface area (Å²) in [5.74, 6) is -0.155. The van der Waals surface area contributed by atoms with Crippen LogP contribution >= 0.6 is 15.9 Å². The van der Waals surface area contributed by atoms with Crippen molar-refractivity contribution in [3.8, 4) is 0 Å². The van der Waals surface area contributed by atoms with Crippen LogP contribution in [-0.2, 0) is 6.42 Å². The zero-order chi connectivity index (χ0) is 12.0. The van der Waals surface area contributed by atoms with E-state index in [1.807, 2.05) is 0 Å². The summed E-state index contributed by atoms with van der Waals surface area (Å²) in [6.45, 7) is 5.30. The molecule has 90 valence electrons. The van der Waals surface area contributed by atoms with Crippen LogP contribution in [0.1, 0.15) is 32.3 Å². The SMILES string of the molecule is CCNC(C)CCCc1cc(F)ccc1Br. The lowest BCUT2D eigenvalue weighted by molar-refractivity contribution is 0.512. The molecule has 0 amide bonds. The van der Waals surface area contributed by atoms with Gasteiger partial charge in [-0.25, -0.2) is 4.39 Å². The van der Waals surface area contributed by atoms with Gasteiger partial charge in [0.15, 0.2) is 0 Å². The smallest absolute Gasteiger partial charge is 0.123 e. The molecule has 0 fully saturated rings. The Bertz CT molecular complexity index is 328. The van der Waals surface area contributed by atoms with E-state index in [4.69, 9.17) is 0 Å². The summed E-state index contributed by atoms with van der Waals surface area (Å²) in [5, 5.41) is 3.37. The molecule has 0 aliphatic carbocycles. The van der Waals surface area contributed by atoms with Gasteiger partial charge in [-0.15, -0.1) is 0 Å². The highest BCUT2D eigenvalue weighted by Gasteiger charge is 2.04. The molecular formula is C13H19BrFN. The maximum atomic E-state index is 13.0. The summed E-state index contributed by atoms with van der Waals surface area (Å²) in [5.41, 5.74) is 1.06. The van der Waals surface area contributed by atoms with Crippen LogP contribution in [0, 0.1) is 5.82 Å². The minimum absolute atomic E-state index is 0.155. The minimum atomic E-state index is -0.155. The Morgan fingerprint density at radius 2 is 2.19 bits per heavy atom. The van der Waals surface area contributed by atoms with Crippen LogP contribution in [0.3, 0.4) is 0 Å². The summed E-state index contributed by atoms with van der Waals surface area (Å²) in [7, 11) is 0. The molecule has 0 aliphatic rings. The summed E-state index contributed by atoms with van der Waals surface area (Å²) < 4.78 is 14.0. The quantitative estimate of drug-likeness (QED) is 0.837. The molecule has 0 heterocycles. The molecule has 1 aromatic rings. The summed E-state index contributed by atoms with van der Waals surface area (Å²) >= 11 is 3.45. The Morgan fingerprint density at radius 1 is 1.44 bits per heavy atom. The van der Waals surface area contributed by atoms with Gasteiger partial charge in [0, 0.05) is 10.5 Å². The van der Waals surface area contributed by atoms with Crippen LogP contribution < -0.4 is 5.32 Å². The van der Waals surface area contributed by atoms with Crippen molar-refractivity contribution in [2.45, 2.75) is 39.2 Å². The molecule has 0 radical (unpaired) electrons. The van der Waals surface area contributed by atoms with E-state index in [1.165, 1.54) is 6.07 Å². The molecule has 0 saturated carbocycles. The van der Waals surface area contributed by atoms with Crippen molar-refractivity contribution in [2.24, 2.45) is 0 Å². The van der Waals surface area contributed by atoms with E-state index < -0.39 is 0 Å². The van der Waals surface area contributed by atoms with E-state index in [2.05, 4.69) is 35.1 Å². The monoisotopic (exact) mass is 287 g/mol. The standard InChI is InChI=1S/C13H19BrFN/c1-3-16-10(2)5-4-6-11-9-12(15)7-8-13(11)14/h7-10,16H,3-6H2,1-2H3. The first-order valence-corrected chi connectivity index (χ1v) is 6.60. The highest BCUT2D eigenvalue weighted by molar-refractivity contribution is 9.10. The second-order valence-corrected chi connectivity index (χ2v) is 4.94. The molecule has 16 heavy (non-hydrogen) atoms. The first-order chi connectivity index (χ1) is 7.63. The Morgan fingerprint density at radius 3 is 2.88 bits per heavy atom. The van der Waals surface area contributed by atoms with E-state index in [0.29, 0.717) is 6.04 Å². The average molecular weight is 288 g/mol. The van der Waals surface area contributed by atoms with Crippen LogP contribution in [0.25, 0.3) is 0 Å². The summed E-state index contributed by atoms with van der Waals surface area (Å²) in [6, 6.07) is 5.41. The summed E-state index contributed by atoms with van der Waals surface area (Å²) in [4.78, 5) is 0. The fourth-order valence-corrected chi connectivity index (χ4v) is 2.23. The van der Waals surface area contributed by atoms with Crippen molar-refractivity contribution in [1.29, 1.82) is 0 Å². The highest BCUT2D eigenvalue weighted by atomic mass is 79.9. The van der Waals surface area contributed by atoms with Crippen molar-refractivity contribution < 1.29 is 4.39 Å². The van der Waals surface area contributed by atoms with Gasteiger partial charge in [0.1, 0.15) is 5.82 Å². The molecule has 1 nitrogen and oxygen atoms in total. The van der Waals surface area contributed by atoms with Crippen molar-refractivity contribution in [1.82, 2.24) is 5.32 Å². The maximum Gasteiger partial charge on any atom is 0.123 e. The minimum Gasteiger partial charge on any atom is -0.315 e. The van der Waals surface area contributed by atoms with Gasteiger partial charge in [0.25, 0.3) is 0 Å². The fraction of sp³-hybridized carbons (Fsp3) is 0.538. The van der Waals surface area contributed by atoms with Crippen molar-refractivity contribution in [3.63, 3.8) is 0 Å². The fourth-order valence-electron chi connectivity index (χ4n) is 1.78. The largest absolute Gasteiger partial charge is 0.315 e. The number of benzene rings is 1. The lowest BCUT2D eigenvalue weighted by Crippen LogP contribution is -2.25. The molecule has 0 aliphatic heterocycles. The second-order valence-electron chi connectivity index (χ2n) is 4.09. The Labute approximate surface area is 106 Å². The molecule has 1 N–H and O–H groups in total. The van der Waals surface area contributed by atoms with E-state index in [0.717, 1.165) is 35.8 Å². The number of nitrogens with one attached hydrogen (secondary N) is 1. The maximum absolute atomic E-state index is 13.0. The molecule has 0 saturated heterocycles. The van der Waals surface area contributed by atoms with Gasteiger partial charge in [0.2, 0.25) is 0 Å². The molecule has 0 aromatic heterocycles. The molecular weight excluding hydrogens is 269 g/mol. The van der Waals surface area contributed by atoms with Gasteiger partial charge in [-0.3, -0.25) is 0 Å². The van der Waals surface area contributed by atoms with E-state index in [-0.39, 0.29) is 5.82 Å². The number of rotatable bonds is 6. The zero-order valence-electron chi connectivity index (χ0n) is 9.89. The van der Waals surface area contributed by atoms with Gasteiger partial charge in [0.05, 0.1) is 0 Å². The number of hydrogen-bond acceptors (Lipinski definition) is 1. The summed E-state index contributed by atoms with van der Waals surface area (Å²) in [6.07, 6.45) is 3.13. The third-order valence-electron chi connectivity index (χ3n) is 2.64. The van der Waals surface area contributed by atoms with Crippen molar-refractivity contribution >= 4 is 15.9 Å². The average Bonchev–Trinajstić information content (AvgIpc) is 2.23. The van der Waals surface area contributed by atoms with E-state index in [1.54, 1.807) is 12.1 Å². The van der Waals surface area contributed by atoms with Gasteiger partial charge >= 0.3 is 0 Å². The van der Waals surface area contributed by atoms with Crippen LogP contribution in [0.4, 0.5) is 4.39 Å². The molecule has 1 aromatic carbocycles. The Hall–Kier alpha value is -0.410. The lowest BCUT2D eigenvalue weighted by atomic mass is 10.1. The normalized spacial score (nSPS) is 12.8. The van der Waals surface area contributed by atoms with Gasteiger partial charge in [-0.05, 0) is 56.5 Å². The predicted octanol–water partition coefficient (Wildman–Crippen LogP) is 3.91. The Kier molecular flexibility index (Phi) is 5.99. The van der Waals surface area contributed by atoms with Gasteiger partial charge < -0.3 is 5.32 Å². The second kappa shape index (κ2) is 7.02. The van der Waals surface area contributed by atoms with Crippen LogP contribution in [0.2, 0.25) is 0 Å². The molecule has 0 bridgehead atoms. The van der Waals surface area contributed by atoms with E-state index in [9.17, 15) is 4.39 Å². The van der Waals surface area contributed by atoms with Crippen LogP contribution in [0.15, 0.2) is 22.7 Å². The molecule has 1 atom stereocenters. The highest BCUT2D eigenvalue weighted by Crippen LogP contribution is 2.20. The van der Waals surface area contributed by atoms with Gasteiger partial charge in [-0.2, -0.15) is 0 Å². The van der Waals surface area contributed by atoms with Crippen LogP contribution in [-0.4, -0.2) is 12.6 Å². The van der Waals surface area contributed by atoms with Crippen LogP contribution in [0.5, 0.6) is 0 Å². The first-order valence-electron chi connectivity index (χ1n) is 5.80. The number of aryl methyl sites for hydroxylation is 1. The van der Waals surface area contributed by atoms with Gasteiger partial charge in [-0.1, -0.05) is 22.9 Å². The third kappa shape index (κ3) is 4.62. The van der Waals surface area contributed by atoms with Crippen molar-refractivity contribution in [2.75, 3.05) is 6.54 Å². The van der Waals surface area contributed by atoms with E-state index >= 15 is 0 Å². The topological polar surface area (TPSA) is 12.0 Å². The molecule has 1 unspecified atom stereocenters. The molecule has 3 heteroatoms. The van der Waals surface area contributed by atoms with Crippen molar-refractivity contribution in [3.05, 3.63) is 34.1 Å². The number of halogens is 2. The lowest BCUT2D eigenvalue weighted by Gasteiger charge is -2.12. The first kappa shape index (κ1) is 13.7.